The molecule has 1 rings (SSSR count). The number of aromatic nitrogens is 3. The molecule has 0 saturated heterocycles. The quantitative estimate of drug-likeness (QED) is 0.504. The van der Waals surface area contributed by atoms with Gasteiger partial charge in [-0.3, -0.25) is 0 Å². The third-order valence-electron chi connectivity index (χ3n) is 0.522. The van der Waals surface area contributed by atoms with E-state index in [4.69, 9.17) is 5.53 Å². The Morgan fingerprint density at radius 1 is 1.43 bits per heavy atom. The molecule has 0 aromatic carbocycles. The smallest absolute Gasteiger partial charge is 0.143 e. The summed E-state index contributed by atoms with van der Waals surface area (Å²) < 4.78 is 1.19. The summed E-state index contributed by atoms with van der Waals surface area (Å²) in [4.78, 5) is 0. The van der Waals surface area contributed by atoms with Crippen LogP contribution in [0.4, 0.5) is 0 Å². The van der Waals surface area contributed by atoms with E-state index in [1.807, 2.05) is 0 Å². The Balaban J connectivity index is 2.96. The van der Waals surface area contributed by atoms with Crippen LogP contribution >= 0.6 is 0 Å². The van der Waals surface area contributed by atoms with Gasteiger partial charge in [0.05, 0.1) is 0 Å². The number of nitrogens with zero attached hydrogens (tertiary/aromatic N) is 4. The highest BCUT2D eigenvalue weighted by Gasteiger charge is 1.77. The second kappa shape index (κ2) is 1.46. The molecule has 5 heteroatoms. The summed E-state index contributed by atoms with van der Waals surface area (Å²) in [6.45, 7) is 0. The summed E-state index contributed by atoms with van der Waals surface area (Å²) in [5.74, 6) is 0. The fourth-order valence-electron chi connectivity index (χ4n) is 0.247. The number of hydrogen-bond acceptors (Lipinski definition) is 4. The van der Waals surface area contributed by atoms with Crippen molar-refractivity contribution in [2.45, 2.75) is 0 Å². The van der Waals surface area contributed by atoms with Crippen molar-refractivity contribution in [3.8, 4) is 0 Å². The van der Waals surface area contributed by atoms with Crippen LogP contribution in [-0.4, -0.2) is 14.9 Å². The van der Waals surface area contributed by atoms with Gasteiger partial charge in [0.25, 0.3) is 0 Å². The van der Waals surface area contributed by atoms with E-state index in [0.717, 1.165) is 0 Å². The van der Waals surface area contributed by atoms with E-state index in [-0.39, 0.29) is 0 Å². The van der Waals surface area contributed by atoms with Crippen LogP contribution in [0, 0.1) is 5.53 Å². The van der Waals surface area contributed by atoms with Crippen molar-refractivity contribution in [1.29, 1.82) is 5.53 Å². The first kappa shape index (κ1) is 3.91. The lowest BCUT2D eigenvalue weighted by molar-refractivity contribution is 0.762. The van der Waals surface area contributed by atoms with Gasteiger partial charge < -0.3 is 0 Å². The minimum absolute atomic E-state index is 1.19. The predicted octanol–water partition coefficient (Wildman–Crippen LogP) is 0.0722. The van der Waals surface area contributed by atoms with Crippen molar-refractivity contribution in [3.63, 3.8) is 0 Å². The molecule has 1 N–H and O–H groups in total. The van der Waals surface area contributed by atoms with Gasteiger partial charge in [0.2, 0.25) is 0 Å². The lowest BCUT2D eigenvalue weighted by Crippen LogP contribution is -1.75. The normalized spacial score (nSPS) is 8.57. The molecular formula is C2H3N5. The van der Waals surface area contributed by atoms with E-state index in [1.165, 1.54) is 17.3 Å². The molecule has 0 bridgehead atoms. The van der Waals surface area contributed by atoms with Gasteiger partial charge in [0.1, 0.15) is 12.7 Å². The van der Waals surface area contributed by atoms with E-state index >= 15 is 0 Å². The average Bonchev–Trinajstić information content (AvgIpc) is 2.14. The van der Waals surface area contributed by atoms with Gasteiger partial charge in [-0.05, 0) is 0 Å². The molecule has 0 aliphatic heterocycles. The van der Waals surface area contributed by atoms with Crippen molar-refractivity contribution in [2.24, 2.45) is 5.22 Å². The molecule has 5 nitrogen and oxygen atoms in total. The Kier molecular flexibility index (Phi) is 0.816. The molecular weight excluding hydrogens is 94.1 g/mol. The Labute approximate surface area is 39.5 Å². The monoisotopic (exact) mass is 97.0 g/mol. The van der Waals surface area contributed by atoms with Crippen LogP contribution in [-0.2, 0) is 0 Å². The van der Waals surface area contributed by atoms with Gasteiger partial charge in [-0.25, -0.2) is 0 Å². The van der Waals surface area contributed by atoms with E-state index in [1.54, 1.807) is 0 Å². The molecule has 0 fully saturated rings. The van der Waals surface area contributed by atoms with Crippen molar-refractivity contribution in [3.05, 3.63) is 12.7 Å². The first-order valence-electron chi connectivity index (χ1n) is 1.66. The highest BCUT2D eigenvalue weighted by molar-refractivity contribution is 4.53. The van der Waals surface area contributed by atoms with Crippen LogP contribution in [0.5, 0.6) is 0 Å². The van der Waals surface area contributed by atoms with Crippen molar-refractivity contribution < 1.29 is 0 Å². The second-order valence-electron chi connectivity index (χ2n) is 0.942. The molecule has 0 aliphatic rings. The molecule has 1 aromatic rings. The average molecular weight is 97.1 g/mol. The third kappa shape index (κ3) is 0.594. The molecule has 0 atom stereocenters. The minimum atomic E-state index is 1.19. The predicted molar refractivity (Wildman–Crippen MR) is 20.6 cm³/mol. The lowest BCUT2D eigenvalue weighted by Gasteiger charge is -1.75. The van der Waals surface area contributed by atoms with Crippen LogP contribution in [0.3, 0.4) is 0 Å². The van der Waals surface area contributed by atoms with E-state index in [0.29, 0.717) is 0 Å². The van der Waals surface area contributed by atoms with Gasteiger partial charge in [0.15, 0.2) is 0 Å². The maximum absolute atomic E-state index is 6.37. The van der Waals surface area contributed by atoms with Crippen LogP contribution in [0.15, 0.2) is 17.9 Å². The highest BCUT2D eigenvalue weighted by atomic mass is 15.5. The maximum Gasteiger partial charge on any atom is 0.143 e. The number of nitrogens with one attached hydrogen (secondary N) is 1. The molecule has 0 unspecified atom stereocenters. The fourth-order valence-corrected chi connectivity index (χ4v) is 0.247. The Morgan fingerprint density at radius 2 is 2.00 bits per heavy atom. The first-order valence-corrected chi connectivity index (χ1v) is 1.66. The Hall–Kier alpha value is -1.26. The zero-order valence-corrected chi connectivity index (χ0v) is 3.44. The van der Waals surface area contributed by atoms with Crippen LogP contribution in [0.2, 0.25) is 0 Å². The van der Waals surface area contributed by atoms with Gasteiger partial charge in [-0.1, -0.05) is 5.22 Å². The zero-order chi connectivity index (χ0) is 5.11. The standard InChI is InChI=1S/C2H3N5/c3-6-7-1-4-5-2-7/h1-3H. The fraction of sp³-hybridized carbons (Fsp3) is 0. The van der Waals surface area contributed by atoms with Gasteiger partial charge in [0, 0.05) is 0 Å². The zero-order valence-electron chi connectivity index (χ0n) is 3.44. The van der Waals surface area contributed by atoms with E-state index < -0.39 is 0 Å². The van der Waals surface area contributed by atoms with Crippen molar-refractivity contribution >= 4 is 0 Å². The molecule has 0 spiro atoms. The van der Waals surface area contributed by atoms with E-state index in [2.05, 4.69) is 15.4 Å². The summed E-state index contributed by atoms with van der Waals surface area (Å²) in [7, 11) is 0. The summed E-state index contributed by atoms with van der Waals surface area (Å²) in [6, 6.07) is 0. The van der Waals surface area contributed by atoms with Crippen LogP contribution in [0.25, 0.3) is 0 Å². The lowest BCUT2D eigenvalue weighted by atomic mass is 11.3. The van der Waals surface area contributed by atoms with E-state index in [9.17, 15) is 0 Å². The summed E-state index contributed by atoms with van der Waals surface area (Å²) in [5.41, 5.74) is 6.37. The summed E-state index contributed by atoms with van der Waals surface area (Å²) in [5, 5.41) is 9.76. The molecule has 0 aliphatic carbocycles. The minimum Gasteiger partial charge on any atom is -0.190 e. The topological polar surface area (TPSA) is 66.9 Å². The molecule has 1 heterocycles. The SMILES string of the molecule is N=Nn1cnnc1. The van der Waals surface area contributed by atoms with Gasteiger partial charge >= 0.3 is 0 Å². The highest BCUT2D eigenvalue weighted by Crippen LogP contribution is 1.75. The third-order valence-corrected chi connectivity index (χ3v) is 0.522. The Morgan fingerprint density at radius 3 is 2.29 bits per heavy atom. The second-order valence-corrected chi connectivity index (χ2v) is 0.942. The number of hydrogen-bond donors (Lipinski definition) is 1. The van der Waals surface area contributed by atoms with Gasteiger partial charge in [-0.2, -0.15) is 10.2 Å². The summed E-state index contributed by atoms with van der Waals surface area (Å²) in [6.07, 6.45) is 2.68. The molecule has 0 amide bonds. The molecule has 0 radical (unpaired) electrons. The number of rotatable bonds is 1. The molecule has 7 heavy (non-hydrogen) atoms. The first-order chi connectivity index (χ1) is 3.43. The van der Waals surface area contributed by atoms with Crippen LogP contribution in [0.1, 0.15) is 0 Å². The Bertz CT molecular complexity index is 141. The molecule has 1 aromatic heterocycles. The molecule has 36 valence electrons. The van der Waals surface area contributed by atoms with Gasteiger partial charge in [-0.15, -0.1) is 10.2 Å². The largest absolute Gasteiger partial charge is 0.190 e. The maximum atomic E-state index is 6.37. The van der Waals surface area contributed by atoms with Crippen molar-refractivity contribution in [2.75, 3.05) is 0 Å². The molecule has 0 saturated carbocycles. The summed E-state index contributed by atoms with van der Waals surface area (Å²) >= 11 is 0. The van der Waals surface area contributed by atoms with Crippen LogP contribution < -0.4 is 0 Å². The van der Waals surface area contributed by atoms with Crippen molar-refractivity contribution in [1.82, 2.24) is 14.9 Å².